The van der Waals surface area contributed by atoms with Gasteiger partial charge in [0.1, 0.15) is 24.7 Å². The van der Waals surface area contributed by atoms with Gasteiger partial charge >= 0.3 is 0 Å². The van der Waals surface area contributed by atoms with E-state index in [4.69, 9.17) is 14.2 Å². The fraction of sp³-hybridized carbons (Fsp3) is 0.353. The van der Waals surface area contributed by atoms with E-state index in [-0.39, 0.29) is 5.91 Å². The van der Waals surface area contributed by atoms with Crippen molar-refractivity contribution in [3.8, 4) is 11.5 Å². The second kappa shape index (κ2) is 6.94. The van der Waals surface area contributed by atoms with E-state index in [1.54, 1.807) is 11.1 Å². The van der Waals surface area contributed by atoms with Crippen LogP contribution in [0.2, 0.25) is 0 Å². The number of carbonyl (C=O) groups excluding carboxylic acids is 1. The van der Waals surface area contributed by atoms with Gasteiger partial charge in [-0.1, -0.05) is 0 Å². The molecule has 0 radical (unpaired) electrons. The molecule has 1 aromatic carbocycles. The van der Waals surface area contributed by atoms with Gasteiger partial charge in [-0.2, -0.15) is 0 Å². The number of anilines is 2. The number of hydrogen-bond acceptors (Lipinski definition) is 7. The first kappa shape index (κ1) is 15.6. The summed E-state index contributed by atoms with van der Waals surface area (Å²) in [7, 11) is 0. The van der Waals surface area contributed by atoms with E-state index in [1.165, 1.54) is 6.20 Å². The Morgan fingerprint density at radius 2 is 1.80 bits per heavy atom. The van der Waals surface area contributed by atoms with E-state index in [2.05, 4.69) is 15.3 Å². The Kier molecular flexibility index (Phi) is 4.34. The van der Waals surface area contributed by atoms with Gasteiger partial charge in [0, 0.05) is 24.8 Å². The molecule has 1 amide bonds. The lowest BCUT2D eigenvalue weighted by Crippen LogP contribution is -2.41. The summed E-state index contributed by atoms with van der Waals surface area (Å²) in [5.74, 6) is 1.86. The molecular weight excluding hydrogens is 324 g/mol. The Morgan fingerprint density at radius 1 is 1.00 bits per heavy atom. The number of ether oxygens (including phenoxy) is 3. The number of benzene rings is 1. The van der Waals surface area contributed by atoms with Crippen molar-refractivity contribution in [3.05, 3.63) is 36.3 Å². The molecule has 25 heavy (non-hydrogen) atoms. The Labute approximate surface area is 144 Å². The van der Waals surface area contributed by atoms with Crippen LogP contribution in [0.1, 0.15) is 10.5 Å². The van der Waals surface area contributed by atoms with Crippen LogP contribution in [-0.4, -0.2) is 60.3 Å². The van der Waals surface area contributed by atoms with Crippen molar-refractivity contribution in [2.45, 2.75) is 0 Å². The van der Waals surface area contributed by atoms with E-state index in [0.29, 0.717) is 56.8 Å². The smallest absolute Gasteiger partial charge is 0.274 e. The number of carbonyl (C=O) groups is 1. The molecule has 0 saturated carbocycles. The quantitative estimate of drug-likeness (QED) is 0.904. The van der Waals surface area contributed by atoms with Crippen molar-refractivity contribution in [1.82, 2.24) is 14.9 Å². The van der Waals surface area contributed by atoms with Crippen molar-refractivity contribution in [1.29, 1.82) is 0 Å². The summed E-state index contributed by atoms with van der Waals surface area (Å²) in [5.41, 5.74) is 1.14. The van der Waals surface area contributed by atoms with Gasteiger partial charge in [0.05, 0.1) is 25.6 Å². The summed E-state index contributed by atoms with van der Waals surface area (Å²) in [4.78, 5) is 22.6. The molecule has 2 aliphatic heterocycles. The van der Waals surface area contributed by atoms with Gasteiger partial charge in [-0.15, -0.1) is 0 Å². The summed E-state index contributed by atoms with van der Waals surface area (Å²) in [6, 6.07) is 5.57. The third-order valence-electron chi connectivity index (χ3n) is 3.98. The minimum atomic E-state index is -0.123. The summed E-state index contributed by atoms with van der Waals surface area (Å²) < 4.78 is 16.3. The van der Waals surface area contributed by atoms with Crippen molar-refractivity contribution in [3.63, 3.8) is 0 Å². The highest BCUT2D eigenvalue weighted by atomic mass is 16.6. The van der Waals surface area contributed by atoms with Crippen LogP contribution in [0.25, 0.3) is 0 Å². The lowest BCUT2D eigenvalue weighted by atomic mass is 10.2. The van der Waals surface area contributed by atoms with Gasteiger partial charge in [0.25, 0.3) is 5.91 Å². The topological polar surface area (TPSA) is 85.8 Å². The SMILES string of the molecule is O=C(c1cnc(Nc2ccc3c(c2)OCCO3)cn1)N1CCOCC1. The van der Waals surface area contributed by atoms with E-state index in [0.717, 1.165) is 11.4 Å². The maximum absolute atomic E-state index is 12.3. The third-order valence-corrected chi connectivity index (χ3v) is 3.98. The zero-order valence-electron chi connectivity index (χ0n) is 13.6. The molecular formula is C17H18N4O4. The molecule has 8 nitrogen and oxygen atoms in total. The zero-order valence-corrected chi connectivity index (χ0v) is 13.6. The number of nitrogens with zero attached hydrogens (tertiary/aromatic N) is 3. The van der Waals surface area contributed by atoms with Crippen LogP contribution in [-0.2, 0) is 4.74 Å². The predicted molar refractivity (Wildman–Crippen MR) is 89.5 cm³/mol. The Morgan fingerprint density at radius 3 is 2.56 bits per heavy atom. The minimum Gasteiger partial charge on any atom is -0.486 e. The Bertz CT molecular complexity index is 760. The van der Waals surface area contributed by atoms with Crippen molar-refractivity contribution >= 4 is 17.4 Å². The van der Waals surface area contributed by atoms with Crippen LogP contribution in [0, 0.1) is 0 Å². The monoisotopic (exact) mass is 342 g/mol. The van der Waals surface area contributed by atoms with Crippen molar-refractivity contribution < 1.29 is 19.0 Å². The lowest BCUT2D eigenvalue weighted by molar-refractivity contribution is 0.0298. The lowest BCUT2D eigenvalue weighted by Gasteiger charge is -2.26. The molecule has 1 N–H and O–H groups in total. The highest BCUT2D eigenvalue weighted by molar-refractivity contribution is 5.92. The Hall–Kier alpha value is -2.87. The summed E-state index contributed by atoms with van der Waals surface area (Å²) in [5, 5.41) is 3.15. The standard InChI is InChI=1S/C17H18N4O4/c22-17(21-3-5-23-6-4-21)13-10-19-16(11-18-13)20-12-1-2-14-15(9-12)25-8-7-24-14/h1-2,9-11H,3-8H2,(H,19,20). The maximum atomic E-state index is 12.3. The molecule has 8 heteroatoms. The molecule has 0 atom stereocenters. The van der Waals surface area contributed by atoms with Crippen LogP contribution in [0.4, 0.5) is 11.5 Å². The summed E-state index contributed by atoms with van der Waals surface area (Å²) >= 11 is 0. The molecule has 0 bridgehead atoms. The number of fused-ring (bicyclic) bond motifs is 1. The average Bonchev–Trinajstić information content (AvgIpc) is 2.69. The molecule has 2 aromatic rings. The number of hydrogen-bond donors (Lipinski definition) is 1. The summed E-state index contributed by atoms with van der Waals surface area (Å²) in [6.07, 6.45) is 3.03. The Balaban J connectivity index is 1.44. The molecule has 0 unspecified atom stereocenters. The van der Waals surface area contributed by atoms with Gasteiger partial charge in [0.2, 0.25) is 0 Å². The normalized spacial score (nSPS) is 16.4. The molecule has 0 aliphatic carbocycles. The van der Waals surface area contributed by atoms with E-state index >= 15 is 0 Å². The van der Waals surface area contributed by atoms with E-state index in [9.17, 15) is 4.79 Å². The molecule has 4 rings (SSSR count). The average molecular weight is 342 g/mol. The second-order valence-electron chi connectivity index (χ2n) is 5.67. The molecule has 0 spiro atoms. The third kappa shape index (κ3) is 3.48. The molecule has 1 fully saturated rings. The van der Waals surface area contributed by atoms with Crippen molar-refractivity contribution in [2.75, 3.05) is 44.8 Å². The molecule has 1 saturated heterocycles. The zero-order chi connectivity index (χ0) is 17.1. The van der Waals surface area contributed by atoms with Gasteiger partial charge in [-0.05, 0) is 12.1 Å². The van der Waals surface area contributed by atoms with E-state index in [1.807, 2.05) is 18.2 Å². The number of rotatable bonds is 3. The van der Waals surface area contributed by atoms with Crippen LogP contribution in [0.3, 0.4) is 0 Å². The number of nitrogens with one attached hydrogen (secondary N) is 1. The maximum Gasteiger partial charge on any atom is 0.274 e. The highest BCUT2D eigenvalue weighted by Gasteiger charge is 2.20. The summed E-state index contributed by atoms with van der Waals surface area (Å²) in [6.45, 7) is 3.37. The second-order valence-corrected chi connectivity index (χ2v) is 5.67. The van der Waals surface area contributed by atoms with Gasteiger partial charge in [0.15, 0.2) is 11.5 Å². The minimum absolute atomic E-state index is 0.123. The molecule has 2 aliphatic rings. The molecule has 1 aromatic heterocycles. The number of morpholine rings is 1. The first-order valence-electron chi connectivity index (χ1n) is 8.15. The van der Waals surface area contributed by atoms with Crippen LogP contribution in [0.5, 0.6) is 11.5 Å². The van der Waals surface area contributed by atoms with Crippen LogP contribution >= 0.6 is 0 Å². The molecule has 130 valence electrons. The predicted octanol–water partition coefficient (Wildman–Crippen LogP) is 1.46. The van der Waals surface area contributed by atoms with Gasteiger partial charge < -0.3 is 24.4 Å². The highest BCUT2D eigenvalue weighted by Crippen LogP contribution is 2.33. The number of aromatic nitrogens is 2. The first-order valence-corrected chi connectivity index (χ1v) is 8.15. The van der Waals surface area contributed by atoms with E-state index < -0.39 is 0 Å². The van der Waals surface area contributed by atoms with Gasteiger partial charge in [-0.3, -0.25) is 4.79 Å². The van der Waals surface area contributed by atoms with Crippen molar-refractivity contribution in [2.24, 2.45) is 0 Å². The van der Waals surface area contributed by atoms with Crippen LogP contribution in [0.15, 0.2) is 30.6 Å². The largest absolute Gasteiger partial charge is 0.486 e. The first-order chi connectivity index (χ1) is 12.3. The number of amides is 1. The fourth-order valence-electron chi connectivity index (χ4n) is 2.70. The fourth-order valence-corrected chi connectivity index (χ4v) is 2.70. The molecule has 3 heterocycles. The van der Waals surface area contributed by atoms with Gasteiger partial charge in [-0.25, -0.2) is 9.97 Å². The van der Waals surface area contributed by atoms with Crippen LogP contribution < -0.4 is 14.8 Å².